The summed E-state index contributed by atoms with van der Waals surface area (Å²) in [5, 5.41) is 2.99. The molecule has 5 heteroatoms. The summed E-state index contributed by atoms with van der Waals surface area (Å²) >= 11 is 0. The van der Waals surface area contributed by atoms with Gasteiger partial charge in [-0.15, -0.1) is 0 Å². The molecule has 110 valence electrons. The van der Waals surface area contributed by atoms with Gasteiger partial charge >= 0.3 is 0 Å². The molecule has 0 spiro atoms. The zero-order valence-corrected chi connectivity index (χ0v) is 12.6. The van der Waals surface area contributed by atoms with Crippen molar-refractivity contribution in [1.29, 1.82) is 0 Å². The summed E-state index contributed by atoms with van der Waals surface area (Å²) in [4.78, 5) is 22.8. The third kappa shape index (κ3) is 3.76. The minimum absolute atomic E-state index is 0.137. The summed E-state index contributed by atoms with van der Waals surface area (Å²) in [6, 6.07) is 0.403. The molecule has 1 aromatic rings. The fraction of sp³-hybridized carbons (Fsp3) is 0.667. The number of likely N-dealkylation sites (tertiary alicyclic amines) is 1. The minimum atomic E-state index is -0.137. The predicted octanol–water partition coefficient (Wildman–Crippen LogP) is 1.64. The molecule has 1 saturated heterocycles. The molecule has 1 atom stereocenters. The molecule has 0 aliphatic carbocycles. The van der Waals surface area contributed by atoms with Crippen LogP contribution < -0.4 is 5.32 Å². The molecular formula is C15H24N4O. The lowest BCUT2D eigenvalue weighted by Gasteiger charge is -2.30. The Labute approximate surface area is 120 Å². The van der Waals surface area contributed by atoms with Gasteiger partial charge in [0.1, 0.15) is 5.69 Å². The summed E-state index contributed by atoms with van der Waals surface area (Å²) in [5.41, 5.74) is 1.21. The van der Waals surface area contributed by atoms with E-state index in [2.05, 4.69) is 34.0 Å². The first-order valence-corrected chi connectivity index (χ1v) is 7.39. The number of nitrogens with one attached hydrogen (secondary N) is 1. The van der Waals surface area contributed by atoms with Gasteiger partial charge < -0.3 is 5.32 Å². The van der Waals surface area contributed by atoms with E-state index in [4.69, 9.17) is 0 Å². The summed E-state index contributed by atoms with van der Waals surface area (Å²) in [6.45, 7) is 9.23. The summed E-state index contributed by atoms with van der Waals surface area (Å²) in [5.74, 6) is 0.389. The van der Waals surface area contributed by atoms with Crippen molar-refractivity contribution in [3.63, 3.8) is 0 Å². The van der Waals surface area contributed by atoms with Crippen LogP contribution in [0.4, 0.5) is 0 Å². The summed E-state index contributed by atoms with van der Waals surface area (Å²) < 4.78 is 0. The second-order valence-corrected chi connectivity index (χ2v) is 5.81. The quantitative estimate of drug-likeness (QED) is 0.888. The topological polar surface area (TPSA) is 58.1 Å². The second-order valence-electron chi connectivity index (χ2n) is 5.81. The van der Waals surface area contributed by atoms with Crippen LogP contribution in [0.25, 0.3) is 0 Å². The van der Waals surface area contributed by atoms with Gasteiger partial charge in [-0.2, -0.15) is 0 Å². The van der Waals surface area contributed by atoms with Crippen LogP contribution in [-0.2, 0) is 0 Å². The Hall–Kier alpha value is -1.49. The van der Waals surface area contributed by atoms with Crippen LogP contribution in [0.15, 0.2) is 12.4 Å². The van der Waals surface area contributed by atoms with Crippen molar-refractivity contribution in [2.24, 2.45) is 5.92 Å². The first-order chi connectivity index (χ1) is 9.58. The normalized spacial score (nSPS) is 17.4. The number of nitrogens with zero attached hydrogens (tertiary/aromatic N) is 3. The van der Waals surface area contributed by atoms with E-state index in [9.17, 15) is 4.79 Å². The molecule has 1 aromatic heterocycles. The van der Waals surface area contributed by atoms with Crippen molar-refractivity contribution in [2.75, 3.05) is 19.6 Å². The predicted molar refractivity (Wildman–Crippen MR) is 78.5 cm³/mol. The van der Waals surface area contributed by atoms with Gasteiger partial charge in [0.05, 0.1) is 11.9 Å². The second kappa shape index (κ2) is 6.79. The number of rotatable bonds is 5. The number of carbonyl (C=O) groups is 1. The van der Waals surface area contributed by atoms with Crippen molar-refractivity contribution in [3.8, 4) is 0 Å². The highest BCUT2D eigenvalue weighted by Crippen LogP contribution is 2.17. The average molecular weight is 276 g/mol. The molecule has 1 aliphatic heterocycles. The Morgan fingerprint density at radius 3 is 2.55 bits per heavy atom. The molecule has 1 fully saturated rings. The average Bonchev–Trinajstić information content (AvgIpc) is 2.93. The fourth-order valence-electron chi connectivity index (χ4n) is 2.66. The van der Waals surface area contributed by atoms with Crippen LogP contribution in [0.5, 0.6) is 0 Å². The molecule has 2 heterocycles. The first-order valence-electron chi connectivity index (χ1n) is 7.39. The van der Waals surface area contributed by atoms with Gasteiger partial charge in [-0.25, -0.2) is 4.98 Å². The highest BCUT2D eigenvalue weighted by Gasteiger charge is 2.25. The van der Waals surface area contributed by atoms with Crippen molar-refractivity contribution in [3.05, 3.63) is 23.8 Å². The van der Waals surface area contributed by atoms with E-state index in [0.29, 0.717) is 24.2 Å². The molecule has 5 nitrogen and oxygen atoms in total. The van der Waals surface area contributed by atoms with Gasteiger partial charge in [0.15, 0.2) is 0 Å². The van der Waals surface area contributed by atoms with Gasteiger partial charge in [-0.3, -0.25) is 14.7 Å². The van der Waals surface area contributed by atoms with Gasteiger partial charge in [0, 0.05) is 18.8 Å². The first kappa shape index (κ1) is 14.9. The highest BCUT2D eigenvalue weighted by atomic mass is 16.1. The molecule has 1 N–H and O–H groups in total. The van der Waals surface area contributed by atoms with Crippen LogP contribution in [0.1, 0.15) is 42.9 Å². The van der Waals surface area contributed by atoms with Gasteiger partial charge in [-0.1, -0.05) is 13.8 Å². The number of carbonyl (C=O) groups excluding carboxylic acids is 1. The zero-order chi connectivity index (χ0) is 14.5. The monoisotopic (exact) mass is 276 g/mol. The molecule has 0 saturated carbocycles. The maximum Gasteiger partial charge on any atom is 0.271 e. The van der Waals surface area contributed by atoms with Crippen LogP contribution in [0, 0.1) is 12.8 Å². The number of amides is 1. The molecular weight excluding hydrogens is 252 g/mol. The van der Waals surface area contributed by atoms with Crippen LogP contribution >= 0.6 is 0 Å². The summed E-state index contributed by atoms with van der Waals surface area (Å²) in [6.07, 6.45) is 5.68. The van der Waals surface area contributed by atoms with E-state index in [0.717, 1.165) is 18.8 Å². The highest BCUT2D eigenvalue weighted by molar-refractivity contribution is 5.91. The van der Waals surface area contributed by atoms with E-state index in [1.807, 2.05) is 6.92 Å². The van der Waals surface area contributed by atoms with Crippen LogP contribution in [0.3, 0.4) is 0 Å². The maximum atomic E-state index is 12.1. The van der Waals surface area contributed by atoms with Gasteiger partial charge in [-0.05, 0) is 38.8 Å². The van der Waals surface area contributed by atoms with E-state index < -0.39 is 0 Å². The third-order valence-electron chi connectivity index (χ3n) is 3.86. The third-order valence-corrected chi connectivity index (χ3v) is 3.86. The fourth-order valence-corrected chi connectivity index (χ4v) is 2.66. The van der Waals surface area contributed by atoms with E-state index >= 15 is 0 Å². The zero-order valence-electron chi connectivity index (χ0n) is 12.6. The lowest BCUT2D eigenvalue weighted by molar-refractivity contribution is 0.0922. The van der Waals surface area contributed by atoms with Crippen LogP contribution in [0.2, 0.25) is 0 Å². The molecule has 0 aromatic carbocycles. The molecule has 0 bridgehead atoms. The number of aryl methyl sites for hydroxylation is 1. The van der Waals surface area contributed by atoms with Crippen LogP contribution in [-0.4, -0.2) is 46.5 Å². The lowest BCUT2D eigenvalue weighted by atomic mass is 10.0. The van der Waals surface area contributed by atoms with Crippen molar-refractivity contribution in [1.82, 2.24) is 20.2 Å². The van der Waals surface area contributed by atoms with Gasteiger partial charge in [0.2, 0.25) is 0 Å². The lowest BCUT2D eigenvalue weighted by Crippen LogP contribution is -2.45. The Morgan fingerprint density at radius 1 is 1.30 bits per heavy atom. The van der Waals surface area contributed by atoms with E-state index in [-0.39, 0.29) is 5.91 Å². The van der Waals surface area contributed by atoms with E-state index in [1.165, 1.54) is 19.0 Å². The largest absolute Gasteiger partial charge is 0.349 e. The number of hydrogen-bond acceptors (Lipinski definition) is 4. The number of hydrogen-bond donors (Lipinski definition) is 1. The molecule has 1 aliphatic rings. The Balaban J connectivity index is 1.91. The smallest absolute Gasteiger partial charge is 0.271 e. The summed E-state index contributed by atoms with van der Waals surface area (Å²) in [7, 11) is 0. The SMILES string of the molecule is Cc1cnc(C(=O)NC[C@H](C(C)C)N2CCCC2)cn1. The number of aromatic nitrogens is 2. The van der Waals surface area contributed by atoms with E-state index in [1.54, 1.807) is 6.20 Å². The molecule has 1 amide bonds. The van der Waals surface area contributed by atoms with Crippen molar-refractivity contribution >= 4 is 5.91 Å². The van der Waals surface area contributed by atoms with Crippen molar-refractivity contribution in [2.45, 2.75) is 39.7 Å². The molecule has 0 radical (unpaired) electrons. The standard InChI is InChI=1S/C15H24N4O/c1-11(2)14(19-6-4-5-7-19)10-18-15(20)13-9-16-12(3)8-17-13/h8-9,11,14H,4-7,10H2,1-3H3,(H,18,20)/t14-/m1/s1. The minimum Gasteiger partial charge on any atom is -0.349 e. The Kier molecular flexibility index (Phi) is 5.06. The molecule has 2 rings (SSSR count). The molecule has 20 heavy (non-hydrogen) atoms. The molecule has 0 unspecified atom stereocenters. The van der Waals surface area contributed by atoms with Crippen molar-refractivity contribution < 1.29 is 4.79 Å². The maximum absolute atomic E-state index is 12.1. The Morgan fingerprint density at radius 2 is 2.00 bits per heavy atom. The van der Waals surface area contributed by atoms with Gasteiger partial charge in [0.25, 0.3) is 5.91 Å². The Bertz CT molecular complexity index is 438.